The first-order valence-corrected chi connectivity index (χ1v) is 6.11. The van der Waals surface area contributed by atoms with Crippen molar-refractivity contribution in [3.8, 4) is 0 Å². The van der Waals surface area contributed by atoms with E-state index in [2.05, 4.69) is 37.4 Å². The lowest BCUT2D eigenvalue weighted by atomic mass is 9.95. The van der Waals surface area contributed by atoms with Crippen molar-refractivity contribution in [2.24, 2.45) is 0 Å². The number of nitrogens with one attached hydrogen (secondary N) is 1. The van der Waals surface area contributed by atoms with Crippen molar-refractivity contribution >= 4 is 0 Å². The molecule has 1 atom stereocenters. The van der Waals surface area contributed by atoms with Gasteiger partial charge in [0.25, 0.3) is 0 Å². The topological polar surface area (TPSA) is 12.0 Å². The summed E-state index contributed by atoms with van der Waals surface area (Å²) in [5, 5.41) is 3.19. The molecule has 2 aromatic carbocycles. The smallest absolute Gasteiger partial charge is 0.128 e. The zero-order valence-electron chi connectivity index (χ0n) is 11.0. The summed E-state index contributed by atoms with van der Waals surface area (Å²) in [6.07, 6.45) is 0. The Balaban J connectivity index is 2.48. The quantitative estimate of drug-likeness (QED) is 0.865. The van der Waals surface area contributed by atoms with Crippen LogP contribution in [0, 0.1) is 19.7 Å². The number of rotatable bonds is 3. The Morgan fingerprint density at radius 1 is 1.00 bits per heavy atom. The molecule has 1 unspecified atom stereocenters. The minimum Gasteiger partial charge on any atom is -0.309 e. The van der Waals surface area contributed by atoms with Crippen LogP contribution in [0.5, 0.6) is 0 Å². The molecule has 0 aromatic heterocycles. The molecule has 0 spiro atoms. The van der Waals surface area contributed by atoms with Crippen molar-refractivity contribution in [1.29, 1.82) is 0 Å². The largest absolute Gasteiger partial charge is 0.309 e. The average Bonchev–Trinajstić information content (AvgIpc) is 2.31. The van der Waals surface area contributed by atoms with Crippen LogP contribution in [-0.2, 0) is 0 Å². The number of halogens is 1. The minimum atomic E-state index is -0.170. The predicted octanol–water partition coefficient (Wildman–Crippen LogP) is 3.75. The maximum Gasteiger partial charge on any atom is 0.128 e. The second-order valence-electron chi connectivity index (χ2n) is 4.66. The zero-order chi connectivity index (χ0) is 13.1. The van der Waals surface area contributed by atoms with Gasteiger partial charge in [-0.2, -0.15) is 0 Å². The van der Waals surface area contributed by atoms with Crippen molar-refractivity contribution in [3.05, 3.63) is 70.5 Å². The van der Waals surface area contributed by atoms with Crippen LogP contribution in [-0.4, -0.2) is 7.05 Å². The Hall–Kier alpha value is -1.67. The van der Waals surface area contributed by atoms with Crippen LogP contribution in [0.3, 0.4) is 0 Å². The standard InChI is InChI=1S/C16H18FN/c1-11-8-12(2)10-13(9-11)16(18-3)14-6-4-5-7-15(14)17/h4-10,16,18H,1-3H3. The molecule has 1 nitrogen and oxygen atoms in total. The van der Waals surface area contributed by atoms with Crippen LogP contribution in [0.2, 0.25) is 0 Å². The molecule has 0 aliphatic carbocycles. The van der Waals surface area contributed by atoms with E-state index in [0.717, 1.165) is 5.56 Å². The molecule has 0 aliphatic rings. The SMILES string of the molecule is CNC(c1cc(C)cc(C)c1)c1ccccc1F. The van der Waals surface area contributed by atoms with Crippen LogP contribution in [0.15, 0.2) is 42.5 Å². The van der Waals surface area contributed by atoms with Crippen molar-refractivity contribution in [2.45, 2.75) is 19.9 Å². The van der Waals surface area contributed by atoms with Crippen LogP contribution < -0.4 is 5.32 Å². The summed E-state index contributed by atoms with van der Waals surface area (Å²) in [4.78, 5) is 0. The Morgan fingerprint density at radius 2 is 1.61 bits per heavy atom. The first-order valence-electron chi connectivity index (χ1n) is 6.11. The highest BCUT2D eigenvalue weighted by Crippen LogP contribution is 2.25. The summed E-state index contributed by atoms with van der Waals surface area (Å²) in [7, 11) is 1.86. The fourth-order valence-electron chi connectivity index (χ4n) is 2.39. The van der Waals surface area contributed by atoms with Crippen molar-refractivity contribution in [1.82, 2.24) is 5.32 Å². The second kappa shape index (κ2) is 5.32. The lowest BCUT2D eigenvalue weighted by Crippen LogP contribution is -2.19. The molecule has 2 heteroatoms. The van der Waals surface area contributed by atoms with Gasteiger partial charge in [-0.3, -0.25) is 0 Å². The van der Waals surface area contributed by atoms with Crippen molar-refractivity contribution in [2.75, 3.05) is 7.05 Å². The van der Waals surface area contributed by atoms with E-state index < -0.39 is 0 Å². The van der Waals surface area contributed by atoms with E-state index in [4.69, 9.17) is 0 Å². The highest BCUT2D eigenvalue weighted by molar-refractivity contribution is 5.37. The van der Waals surface area contributed by atoms with E-state index in [1.165, 1.54) is 17.2 Å². The van der Waals surface area contributed by atoms with Gasteiger partial charge in [0.05, 0.1) is 6.04 Å². The van der Waals surface area contributed by atoms with Gasteiger partial charge in [0.1, 0.15) is 5.82 Å². The molecule has 2 aromatic rings. The number of hydrogen-bond donors (Lipinski definition) is 1. The number of benzene rings is 2. The van der Waals surface area contributed by atoms with Crippen molar-refractivity contribution < 1.29 is 4.39 Å². The molecule has 2 rings (SSSR count). The first-order chi connectivity index (χ1) is 8.61. The average molecular weight is 243 g/mol. The van der Waals surface area contributed by atoms with E-state index in [1.807, 2.05) is 19.2 Å². The summed E-state index contributed by atoms with van der Waals surface area (Å²) in [6.45, 7) is 4.12. The molecule has 0 bridgehead atoms. The van der Waals surface area contributed by atoms with E-state index >= 15 is 0 Å². The first kappa shape index (κ1) is 12.8. The Morgan fingerprint density at radius 3 is 2.17 bits per heavy atom. The van der Waals surface area contributed by atoms with Crippen molar-refractivity contribution in [3.63, 3.8) is 0 Å². The summed E-state index contributed by atoms with van der Waals surface area (Å²) in [6, 6.07) is 13.1. The molecule has 18 heavy (non-hydrogen) atoms. The zero-order valence-corrected chi connectivity index (χ0v) is 11.0. The molecular weight excluding hydrogens is 225 g/mol. The maximum atomic E-state index is 13.9. The monoisotopic (exact) mass is 243 g/mol. The van der Waals surface area contributed by atoms with E-state index in [-0.39, 0.29) is 11.9 Å². The second-order valence-corrected chi connectivity index (χ2v) is 4.66. The van der Waals surface area contributed by atoms with Gasteiger partial charge in [-0.1, -0.05) is 47.5 Å². The third-order valence-electron chi connectivity index (χ3n) is 3.08. The summed E-state index contributed by atoms with van der Waals surface area (Å²) < 4.78 is 13.9. The normalized spacial score (nSPS) is 12.4. The number of aryl methyl sites for hydroxylation is 2. The molecule has 0 radical (unpaired) electrons. The van der Waals surface area contributed by atoms with Gasteiger partial charge in [0.15, 0.2) is 0 Å². The maximum absolute atomic E-state index is 13.9. The molecule has 0 fully saturated rings. The molecular formula is C16H18FN. The molecule has 0 heterocycles. The van der Waals surface area contributed by atoms with Gasteiger partial charge in [-0.15, -0.1) is 0 Å². The van der Waals surface area contributed by atoms with Crippen LogP contribution in [0.25, 0.3) is 0 Å². The molecule has 0 saturated heterocycles. The van der Waals surface area contributed by atoms with Gasteiger partial charge < -0.3 is 5.32 Å². The van der Waals surface area contributed by atoms with Crippen LogP contribution >= 0.6 is 0 Å². The summed E-state index contributed by atoms with van der Waals surface area (Å²) in [5.74, 6) is -0.170. The highest BCUT2D eigenvalue weighted by Gasteiger charge is 2.15. The van der Waals surface area contributed by atoms with Gasteiger partial charge in [-0.25, -0.2) is 4.39 Å². The van der Waals surface area contributed by atoms with E-state index in [0.29, 0.717) is 5.56 Å². The fraction of sp³-hybridized carbons (Fsp3) is 0.250. The lowest BCUT2D eigenvalue weighted by Gasteiger charge is -2.19. The van der Waals surface area contributed by atoms with Gasteiger partial charge >= 0.3 is 0 Å². The van der Waals surface area contributed by atoms with Crippen LogP contribution in [0.1, 0.15) is 28.3 Å². The van der Waals surface area contributed by atoms with Gasteiger partial charge in [0.2, 0.25) is 0 Å². The minimum absolute atomic E-state index is 0.107. The molecule has 1 N–H and O–H groups in total. The predicted molar refractivity (Wildman–Crippen MR) is 73.2 cm³/mol. The third-order valence-corrected chi connectivity index (χ3v) is 3.08. The van der Waals surface area contributed by atoms with E-state index in [1.54, 1.807) is 6.07 Å². The summed E-state index contributed by atoms with van der Waals surface area (Å²) in [5.41, 5.74) is 4.17. The molecule has 0 aliphatic heterocycles. The summed E-state index contributed by atoms with van der Waals surface area (Å²) >= 11 is 0. The Kier molecular flexibility index (Phi) is 3.78. The fourth-order valence-corrected chi connectivity index (χ4v) is 2.39. The number of hydrogen-bond acceptors (Lipinski definition) is 1. The molecule has 0 saturated carbocycles. The van der Waals surface area contributed by atoms with Crippen LogP contribution in [0.4, 0.5) is 4.39 Å². The van der Waals surface area contributed by atoms with E-state index in [9.17, 15) is 4.39 Å². The highest BCUT2D eigenvalue weighted by atomic mass is 19.1. The molecule has 0 amide bonds. The van der Waals surface area contributed by atoms with Gasteiger partial charge in [-0.05, 0) is 32.5 Å². The third kappa shape index (κ3) is 2.59. The van der Waals surface area contributed by atoms with Gasteiger partial charge in [0, 0.05) is 5.56 Å². The Labute approximate surface area is 108 Å². The lowest BCUT2D eigenvalue weighted by molar-refractivity contribution is 0.576. The molecule has 94 valence electrons. The Bertz CT molecular complexity index is 528.